The Bertz CT molecular complexity index is 2890. The lowest BCUT2D eigenvalue weighted by Gasteiger charge is -2.29. The Morgan fingerprint density at radius 2 is 0.764 bits per heavy atom. The van der Waals surface area contributed by atoms with Crippen molar-refractivity contribution in [3.05, 3.63) is 224 Å². The maximum Gasteiger partial charge on any atom is 0.0474 e. The van der Waals surface area contributed by atoms with Crippen LogP contribution in [0.1, 0.15) is 0 Å². The first-order valence-corrected chi connectivity index (χ1v) is 18.9. The van der Waals surface area contributed by atoms with E-state index >= 15 is 0 Å². The van der Waals surface area contributed by atoms with E-state index in [2.05, 4.69) is 229 Å². The van der Waals surface area contributed by atoms with Gasteiger partial charge in [-0.1, -0.05) is 176 Å². The van der Waals surface area contributed by atoms with Gasteiger partial charge in [0.2, 0.25) is 0 Å². The van der Waals surface area contributed by atoms with Crippen molar-refractivity contribution < 1.29 is 0 Å². The van der Waals surface area contributed by atoms with Gasteiger partial charge >= 0.3 is 0 Å². The van der Waals surface area contributed by atoms with Crippen molar-refractivity contribution in [2.45, 2.75) is 0 Å². The summed E-state index contributed by atoms with van der Waals surface area (Å²) in [5.41, 5.74) is 12.9. The van der Waals surface area contributed by atoms with E-state index in [9.17, 15) is 0 Å². The summed E-state index contributed by atoms with van der Waals surface area (Å²) in [7, 11) is 0. The monoisotopic (exact) mass is 699 g/mol. The van der Waals surface area contributed by atoms with Crippen molar-refractivity contribution in [2.24, 2.45) is 0 Å². The first-order chi connectivity index (χ1) is 27.3. The predicted molar refractivity (Wildman–Crippen MR) is 235 cm³/mol. The van der Waals surface area contributed by atoms with Gasteiger partial charge in [0.1, 0.15) is 0 Å². The quantitative estimate of drug-likeness (QED) is 0.150. The molecule has 0 radical (unpaired) electrons. The molecule has 258 valence electrons. The second-order valence-corrected chi connectivity index (χ2v) is 14.1. The van der Waals surface area contributed by atoms with E-state index < -0.39 is 0 Å². The standard InChI is InChI=1S/C54H37N/c1-5-17-38(18-6-1)42-30-29-39-31-32-46(34-44(39)33-42)55(45-24-11-4-12-25-45)47-36-51(40-19-7-2-8-20-40)54(52(37-47)41-21-9-3-10-22-41)53-35-43-23-13-14-26-48(43)49-27-15-16-28-50(49)53/h1-37H. The molecule has 0 aliphatic rings. The van der Waals surface area contributed by atoms with Crippen molar-refractivity contribution in [1.29, 1.82) is 0 Å². The maximum atomic E-state index is 2.41. The van der Waals surface area contributed by atoms with Crippen molar-refractivity contribution in [3.63, 3.8) is 0 Å². The molecule has 0 spiro atoms. The third-order valence-corrected chi connectivity index (χ3v) is 10.8. The summed E-state index contributed by atoms with van der Waals surface area (Å²) in [5, 5.41) is 7.41. The minimum absolute atomic E-state index is 1.09. The second kappa shape index (κ2) is 14.0. The van der Waals surface area contributed by atoms with Gasteiger partial charge in [-0.2, -0.15) is 0 Å². The van der Waals surface area contributed by atoms with Crippen LogP contribution in [-0.4, -0.2) is 0 Å². The Kier molecular flexibility index (Phi) is 8.24. The zero-order valence-corrected chi connectivity index (χ0v) is 30.3. The molecule has 0 fully saturated rings. The zero-order valence-electron chi connectivity index (χ0n) is 30.3. The summed E-state index contributed by atoms with van der Waals surface area (Å²) in [5.74, 6) is 0. The van der Waals surface area contributed by atoms with Crippen LogP contribution in [0, 0.1) is 0 Å². The fourth-order valence-electron chi connectivity index (χ4n) is 8.21. The molecule has 0 saturated carbocycles. The number of hydrogen-bond acceptors (Lipinski definition) is 1. The fourth-order valence-corrected chi connectivity index (χ4v) is 8.21. The molecular weight excluding hydrogens is 663 g/mol. The van der Waals surface area contributed by atoms with Crippen LogP contribution in [0.15, 0.2) is 224 Å². The molecule has 0 heterocycles. The van der Waals surface area contributed by atoms with E-state index in [1.807, 2.05) is 0 Å². The summed E-state index contributed by atoms with van der Waals surface area (Å²) < 4.78 is 0. The highest BCUT2D eigenvalue weighted by molar-refractivity contribution is 6.16. The van der Waals surface area contributed by atoms with Crippen molar-refractivity contribution in [1.82, 2.24) is 0 Å². The van der Waals surface area contributed by atoms with Crippen LogP contribution >= 0.6 is 0 Å². The molecule has 1 heteroatoms. The summed E-state index contributed by atoms with van der Waals surface area (Å²) in [4.78, 5) is 2.41. The normalized spacial score (nSPS) is 11.3. The Balaban J connectivity index is 1.28. The van der Waals surface area contributed by atoms with E-state index in [1.165, 1.54) is 76.8 Å². The van der Waals surface area contributed by atoms with Crippen molar-refractivity contribution in [2.75, 3.05) is 4.90 Å². The number of rotatable bonds is 7. The molecule has 0 aliphatic heterocycles. The molecule has 0 N–H and O–H groups in total. The molecule has 0 atom stereocenters. The van der Waals surface area contributed by atoms with Crippen LogP contribution in [0.4, 0.5) is 17.1 Å². The molecule has 10 aromatic rings. The Morgan fingerprint density at radius 1 is 0.236 bits per heavy atom. The first-order valence-electron chi connectivity index (χ1n) is 18.9. The lowest BCUT2D eigenvalue weighted by atomic mass is 9.83. The molecule has 0 aliphatic carbocycles. The highest BCUT2D eigenvalue weighted by Gasteiger charge is 2.23. The highest BCUT2D eigenvalue weighted by atomic mass is 15.1. The third-order valence-electron chi connectivity index (χ3n) is 10.8. The Hall–Kier alpha value is -7.22. The van der Waals surface area contributed by atoms with E-state index in [0.717, 1.165) is 17.1 Å². The lowest BCUT2D eigenvalue weighted by Crippen LogP contribution is -2.11. The number of fused-ring (bicyclic) bond motifs is 4. The van der Waals surface area contributed by atoms with E-state index in [0.29, 0.717) is 0 Å². The van der Waals surface area contributed by atoms with Gasteiger partial charge in [0.05, 0.1) is 0 Å². The molecule has 0 bridgehead atoms. The highest BCUT2D eigenvalue weighted by Crippen LogP contribution is 2.49. The minimum atomic E-state index is 1.09. The topological polar surface area (TPSA) is 3.24 Å². The van der Waals surface area contributed by atoms with Crippen molar-refractivity contribution >= 4 is 49.4 Å². The van der Waals surface area contributed by atoms with E-state index in [4.69, 9.17) is 0 Å². The fraction of sp³-hybridized carbons (Fsp3) is 0. The van der Waals surface area contributed by atoms with Crippen LogP contribution in [0.25, 0.3) is 76.8 Å². The van der Waals surface area contributed by atoms with Crippen LogP contribution in [0.3, 0.4) is 0 Å². The molecule has 10 aromatic carbocycles. The SMILES string of the molecule is c1ccc(-c2ccc3ccc(N(c4ccccc4)c4cc(-c5ccccc5)c(-c5cc6ccccc6c6ccccc56)c(-c5ccccc5)c4)cc3c2)cc1. The molecule has 55 heavy (non-hydrogen) atoms. The van der Waals surface area contributed by atoms with Gasteiger partial charge in [-0.3, -0.25) is 0 Å². The average molecular weight is 700 g/mol. The summed E-state index contributed by atoms with van der Waals surface area (Å²) in [6.45, 7) is 0. The Labute approximate surface area is 322 Å². The average Bonchev–Trinajstić information content (AvgIpc) is 3.27. The largest absolute Gasteiger partial charge is 0.310 e. The van der Waals surface area contributed by atoms with Crippen LogP contribution in [0.5, 0.6) is 0 Å². The number of hydrogen-bond donors (Lipinski definition) is 0. The number of para-hydroxylation sites is 1. The molecule has 0 saturated heterocycles. The van der Waals surface area contributed by atoms with Crippen LogP contribution in [0.2, 0.25) is 0 Å². The van der Waals surface area contributed by atoms with Gasteiger partial charge in [0, 0.05) is 17.1 Å². The van der Waals surface area contributed by atoms with Gasteiger partial charge in [0.25, 0.3) is 0 Å². The third kappa shape index (κ3) is 6.02. The zero-order chi connectivity index (χ0) is 36.6. The minimum Gasteiger partial charge on any atom is -0.310 e. The van der Waals surface area contributed by atoms with Gasteiger partial charge in [-0.25, -0.2) is 0 Å². The predicted octanol–water partition coefficient (Wildman–Crippen LogP) is 15.3. The first kappa shape index (κ1) is 32.4. The lowest BCUT2D eigenvalue weighted by molar-refractivity contribution is 1.29. The number of anilines is 3. The molecular formula is C54H37N. The maximum absolute atomic E-state index is 2.41. The van der Waals surface area contributed by atoms with E-state index in [-0.39, 0.29) is 0 Å². The van der Waals surface area contributed by atoms with Crippen LogP contribution in [-0.2, 0) is 0 Å². The second-order valence-electron chi connectivity index (χ2n) is 14.1. The Morgan fingerprint density at radius 3 is 1.42 bits per heavy atom. The van der Waals surface area contributed by atoms with Crippen molar-refractivity contribution in [3.8, 4) is 44.5 Å². The summed E-state index contributed by atoms with van der Waals surface area (Å²) in [6, 6.07) is 81.6. The van der Waals surface area contributed by atoms with Gasteiger partial charge in [0.15, 0.2) is 0 Å². The molecule has 0 aromatic heterocycles. The number of benzene rings is 10. The number of nitrogens with zero attached hydrogens (tertiary/aromatic N) is 1. The van der Waals surface area contributed by atoms with E-state index in [1.54, 1.807) is 0 Å². The van der Waals surface area contributed by atoms with Crippen LogP contribution < -0.4 is 4.90 Å². The van der Waals surface area contributed by atoms with Gasteiger partial charge in [-0.15, -0.1) is 0 Å². The molecule has 0 amide bonds. The summed E-state index contributed by atoms with van der Waals surface area (Å²) >= 11 is 0. The molecule has 10 rings (SSSR count). The summed E-state index contributed by atoms with van der Waals surface area (Å²) in [6.07, 6.45) is 0. The van der Waals surface area contributed by atoms with Gasteiger partial charge < -0.3 is 4.90 Å². The smallest absolute Gasteiger partial charge is 0.0474 e. The van der Waals surface area contributed by atoms with Gasteiger partial charge in [-0.05, 0) is 125 Å². The molecule has 1 nitrogen and oxygen atoms in total. The molecule has 0 unspecified atom stereocenters.